The molecule has 0 unspecified atom stereocenters. The number of anilines is 1. The minimum Gasteiger partial charge on any atom is -0.465 e. The molecule has 0 bridgehead atoms. The minimum atomic E-state index is 0.720. The average molecular weight is 530 g/mol. The summed E-state index contributed by atoms with van der Waals surface area (Å²) in [7, 11) is 0. The lowest BCUT2D eigenvalue weighted by molar-refractivity contribution is 0.116. The van der Waals surface area contributed by atoms with E-state index in [9.17, 15) is 0 Å². The Morgan fingerprint density at radius 3 is 2.55 bits per heavy atom. The fourth-order valence-corrected chi connectivity index (χ4v) is 6.59. The fraction of sp³-hybridized carbons (Fsp3) is 0.393. The maximum Gasteiger partial charge on any atom is 0.162 e. The maximum absolute atomic E-state index is 5.78. The van der Waals surface area contributed by atoms with Crippen LogP contribution in [0.25, 0.3) is 32.5 Å². The van der Waals surface area contributed by atoms with Crippen molar-refractivity contribution in [3.05, 3.63) is 59.0 Å². The third kappa shape index (κ3) is 4.69. The van der Waals surface area contributed by atoms with Gasteiger partial charge >= 0.3 is 0 Å². The first-order chi connectivity index (χ1) is 18.7. The van der Waals surface area contributed by atoms with Crippen molar-refractivity contribution in [3.63, 3.8) is 0 Å². The number of nitrogens with one attached hydrogen (secondary N) is 1. The second-order valence-corrected chi connectivity index (χ2v) is 11.2. The number of aromatic amines is 1. The summed E-state index contributed by atoms with van der Waals surface area (Å²) in [6, 6.07) is 12.5. The van der Waals surface area contributed by atoms with E-state index in [1.807, 2.05) is 42.7 Å². The molecule has 9 nitrogen and oxygen atoms in total. The molecule has 10 heteroatoms. The number of furan rings is 1. The van der Waals surface area contributed by atoms with Gasteiger partial charge in [-0.2, -0.15) is 5.10 Å². The summed E-state index contributed by atoms with van der Waals surface area (Å²) in [6.45, 7) is 11.1. The topological polar surface area (TPSA) is 86.5 Å². The van der Waals surface area contributed by atoms with Gasteiger partial charge in [-0.05, 0) is 31.2 Å². The monoisotopic (exact) mass is 529 g/mol. The molecule has 0 radical (unpaired) electrons. The minimum absolute atomic E-state index is 0.720. The van der Waals surface area contributed by atoms with E-state index in [2.05, 4.69) is 43.1 Å². The molecule has 7 rings (SSSR count). The van der Waals surface area contributed by atoms with Crippen molar-refractivity contribution in [2.45, 2.75) is 20.0 Å². The number of aromatic nitrogens is 4. The number of aryl methyl sites for hydroxylation is 1. The predicted molar refractivity (Wildman–Crippen MR) is 150 cm³/mol. The molecule has 2 saturated heterocycles. The van der Waals surface area contributed by atoms with Gasteiger partial charge in [0.05, 0.1) is 41.7 Å². The van der Waals surface area contributed by atoms with Crippen molar-refractivity contribution in [2.24, 2.45) is 0 Å². The number of hydrogen-bond donors (Lipinski definition) is 1. The van der Waals surface area contributed by atoms with Crippen molar-refractivity contribution in [1.29, 1.82) is 0 Å². The van der Waals surface area contributed by atoms with Crippen LogP contribution in [0.5, 0.6) is 0 Å². The van der Waals surface area contributed by atoms with Gasteiger partial charge in [0.25, 0.3) is 0 Å². The van der Waals surface area contributed by atoms with Crippen LogP contribution in [0.1, 0.15) is 16.4 Å². The molecule has 2 aliphatic heterocycles. The molecule has 4 aromatic heterocycles. The number of nitrogens with zero attached hydrogens (tertiary/aromatic N) is 6. The van der Waals surface area contributed by atoms with Crippen LogP contribution < -0.4 is 4.90 Å². The van der Waals surface area contributed by atoms with E-state index in [0.29, 0.717) is 0 Å². The number of rotatable bonds is 6. The number of morpholine rings is 1. The third-order valence-corrected chi connectivity index (χ3v) is 8.57. The highest BCUT2D eigenvalue weighted by Crippen LogP contribution is 2.36. The lowest BCUT2D eigenvalue weighted by atomic mass is 10.1. The molecule has 0 saturated carbocycles. The summed E-state index contributed by atoms with van der Waals surface area (Å²) in [5.74, 6) is 3.80. The summed E-state index contributed by atoms with van der Waals surface area (Å²) in [5.41, 5.74) is 3.01. The Bertz CT molecular complexity index is 1560. The van der Waals surface area contributed by atoms with E-state index in [4.69, 9.17) is 19.1 Å². The standard InChI is InChI=1S/C28H31N7O2S/c1-19-5-6-20(37-19)17-33-7-9-34(10-8-33)18-21-15-25-26(38-21)28(35-11-13-36-14-12-35)31-27(30-25)22-3-2-4-24-23(22)16-29-32-24/h2-6,15-16H,7-14,17-18H2,1H3,(H,29,32). The Morgan fingerprint density at radius 1 is 0.947 bits per heavy atom. The van der Waals surface area contributed by atoms with Crippen LogP contribution in [-0.4, -0.2) is 82.4 Å². The molecule has 2 fully saturated rings. The number of piperazine rings is 1. The molecule has 196 valence electrons. The van der Waals surface area contributed by atoms with E-state index in [-0.39, 0.29) is 0 Å². The molecular weight excluding hydrogens is 498 g/mol. The number of fused-ring (bicyclic) bond motifs is 2. The molecule has 38 heavy (non-hydrogen) atoms. The lowest BCUT2D eigenvalue weighted by Crippen LogP contribution is -2.45. The molecule has 6 heterocycles. The van der Waals surface area contributed by atoms with Crippen molar-refractivity contribution >= 4 is 38.3 Å². The Kier molecular flexibility index (Phi) is 6.32. The van der Waals surface area contributed by atoms with Gasteiger partial charge in [-0.1, -0.05) is 12.1 Å². The number of H-pyrrole nitrogens is 1. The quantitative estimate of drug-likeness (QED) is 0.349. The van der Waals surface area contributed by atoms with E-state index >= 15 is 0 Å². The first-order valence-corrected chi connectivity index (χ1v) is 14.1. The average Bonchev–Trinajstić information content (AvgIpc) is 3.69. The first-order valence-electron chi connectivity index (χ1n) is 13.3. The Labute approximate surface area is 225 Å². The summed E-state index contributed by atoms with van der Waals surface area (Å²) in [5, 5.41) is 8.35. The van der Waals surface area contributed by atoms with Crippen LogP contribution in [0.4, 0.5) is 5.82 Å². The van der Waals surface area contributed by atoms with Crippen molar-refractivity contribution in [3.8, 4) is 11.4 Å². The molecular formula is C28H31N7O2S. The van der Waals surface area contributed by atoms with Crippen molar-refractivity contribution in [1.82, 2.24) is 30.0 Å². The van der Waals surface area contributed by atoms with Crippen LogP contribution in [0.3, 0.4) is 0 Å². The third-order valence-electron chi connectivity index (χ3n) is 7.46. The summed E-state index contributed by atoms with van der Waals surface area (Å²) in [4.78, 5) is 18.9. The van der Waals surface area contributed by atoms with Crippen LogP contribution in [0, 0.1) is 6.92 Å². The molecule has 5 aromatic rings. The van der Waals surface area contributed by atoms with Gasteiger partial charge in [0, 0.05) is 61.6 Å². The number of benzene rings is 1. The summed E-state index contributed by atoms with van der Waals surface area (Å²) in [6.07, 6.45) is 1.86. The fourth-order valence-electron chi connectivity index (χ4n) is 5.43. The van der Waals surface area contributed by atoms with Gasteiger partial charge < -0.3 is 14.1 Å². The van der Waals surface area contributed by atoms with Crippen LogP contribution in [-0.2, 0) is 17.8 Å². The predicted octanol–water partition coefficient (Wildman–Crippen LogP) is 4.29. The second-order valence-electron chi connectivity index (χ2n) is 10.1. The lowest BCUT2D eigenvalue weighted by Gasteiger charge is -2.33. The molecule has 0 atom stereocenters. The highest BCUT2D eigenvalue weighted by Gasteiger charge is 2.23. The molecule has 0 aliphatic carbocycles. The Balaban J connectivity index is 1.15. The zero-order chi connectivity index (χ0) is 25.5. The number of ether oxygens (including phenoxy) is 1. The SMILES string of the molecule is Cc1ccc(CN2CCN(Cc3cc4nc(-c5cccc6[nH]ncc56)nc(N5CCOCC5)c4s3)CC2)o1. The number of thiophene rings is 1. The Hall–Kier alpha value is -3.31. The maximum atomic E-state index is 5.78. The molecule has 0 spiro atoms. The van der Waals surface area contributed by atoms with E-state index in [1.165, 1.54) is 4.88 Å². The molecule has 0 amide bonds. The molecule has 1 N–H and O–H groups in total. The summed E-state index contributed by atoms with van der Waals surface area (Å²) < 4.78 is 12.6. The second kappa shape index (κ2) is 10.1. The zero-order valence-corrected chi connectivity index (χ0v) is 22.3. The normalized spacial score (nSPS) is 17.7. The first kappa shape index (κ1) is 23.8. The van der Waals surface area contributed by atoms with E-state index in [1.54, 1.807) is 0 Å². The van der Waals surface area contributed by atoms with Crippen LogP contribution in [0.15, 0.2) is 47.0 Å². The van der Waals surface area contributed by atoms with Gasteiger partial charge in [-0.25, -0.2) is 9.97 Å². The largest absolute Gasteiger partial charge is 0.465 e. The molecule has 1 aromatic carbocycles. The Morgan fingerprint density at radius 2 is 1.76 bits per heavy atom. The van der Waals surface area contributed by atoms with E-state index in [0.717, 1.165) is 115 Å². The highest BCUT2D eigenvalue weighted by molar-refractivity contribution is 7.19. The van der Waals surface area contributed by atoms with Gasteiger partial charge in [0.15, 0.2) is 11.6 Å². The van der Waals surface area contributed by atoms with Crippen LogP contribution in [0.2, 0.25) is 0 Å². The highest BCUT2D eigenvalue weighted by atomic mass is 32.1. The number of hydrogen-bond acceptors (Lipinski definition) is 9. The van der Waals surface area contributed by atoms with Gasteiger partial charge in [-0.15, -0.1) is 11.3 Å². The van der Waals surface area contributed by atoms with Gasteiger partial charge in [-0.3, -0.25) is 14.9 Å². The van der Waals surface area contributed by atoms with Crippen LogP contribution >= 0.6 is 11.3 Å². The van der Waals surface area contributed by atoms with Gasteiger partial charge in [0.2, 0.25) is 0 Å². The van der Waals surface area contributed by atoms with Gasteiger partial charge in [0.1, 0.15) is 11.5 Å². The molecule has 2 aliphatic rings. The van der Waals surface area contributed by atoms with Crippen molar-refractivity contribution < 1.29 is 9.15 Å². The summed E-state index contributed by atoms with van der Waals surface area (Å²) >= 11 is 1.83. The van der Waals surface area contributed by atoms with Crippen molar-refractivity contribution in [2.75, 3.05) is 57.4 Å². The smallest absolute Gasteiger partial charge is 0.162 e. The van der Waals surface area contributed by atoms with E-state index < -0.39 is 0 Å². The zero-order valence-electron chi connectivity index (χ0n) is 21.5.